The molecule has 1 heterocycles. The molecule has 0 aromatic heterocycles. The minimum Gasteiger partial charge on any atom is -0.340 e. The molecule has 2 aromatic carbocycles. The lowest BCUT2D eigenvalue weighted by Gasteiger charge is -2.32. The molecule has 1 aliphatic heterocycles. The summed E-state index contributed by atoms with van der Waals surface area (Å²) in [6.07, 6.45) is 3.65. The Bertz CT molecular complexity index is 668. The average Bonchev–Trinajstić information content (AvgIpc) is 2.69. The predicted octanol–water partition coefficient (Wildman–Crippen LogP) is 3.16. The molecule has 6 N–H and O–H groups in total. The second-order valence-corrected chi connectivity index (χ2v) is 11.4. The van der Waals surface area contributed by atoms with E-state index in [0.29, 0.717) is 6.04 Å². The normalized spacial score (nSPS) is 15.0. The van der Waals surface area contributed by atoms with Crippen LogP contribution in [0.15, 0.2) is 72.8 Å². The van der Waals surface area contributed by atoms with Crippen molar-refractivity contribution in [1.29, 1.82) is 0 Å². The third-order valence-corrected chi connectivity index (χ3v) is 3.54. The maximum Gasteiger partial charge on any atom is 0.319 e. The minimum absolute atomic E-state index is 0.229. The Kier molecular flexibility index (Phi) is 20.1. The molecule has 2 aromatic rings. The van der Waals surface area contributed by atoms with Crippen LogP contribution in [0, 0.1) is 0 Å². The maximum absolute atomic E-state index is 10.9. The van der Waals surface area contributed by atoms with Gasteiger partial charge in [0, 0.05) is 19.5 Å². The van der Waals surface area contributed by atoms with Gasteiger partial charge < -0.3 is 34.3 Å². The largest absolute Gasteiger partial charge is 0.340 e. The Morgan fingerprint density at radius 3 is 1.12 bits per heavy atom. The first-order valence-corrected chi connectivity index (χ1v) is 14.9. The van der Waals surface area contributed by atoms with Crippen molar-refractivity contribution < 1.29 is 34.2 Å². The third kappa shape index (κ3) is 33.6. The molecule has 1 amide bonds. The highest BCUT2D eigenvalue weighted by Gasteiger charge is 2.19. The average molecular weight is 526 g/mol. The van der Waals surface area contributed by atoms with Crippen molar-refractivity contribution in [2.75, 3.05) is 6.54 Å². The molecular formula is C20H33NO7P2S2. The molecule has 32 heavy (non-hydrogen) atoms. The summed E-state index contributed by atoms with van der Waals surface area (Å²) in [4.78, 5) is 58.2. The molecule has 0 saturated carbocycles. The molecule has 8 nitrogen and oxygen atoms in total. The monoisotopic (exact) mass is 525 g/mol. The standard InChI is InChI=1S/C8H15NO.2C6H6.2H3O3PS/c1-7-5-3-4-6-9(7)8(2)10;2*1-2-4-6-5-3-1;2*1-4(2,3)5/h7H,3-6H2,1-2H3;2*1-6H;2*(H3,1,2,3,5). The van der Waals surface area contributed by atoms with E-state index in [0.717, 1.165) is 6.54 Å². The summed E-state index contributed by atoms with van der Waals surface area (Å²) in [7, 11) is 0. The summed E-state index contributed by atoms with van der Waals surface area (Å²) >= 11 is 7.21. The van der Waals surface area contributed by atoms with Gasteiger partial charge in [-0.15, -0.1) is 0 Å². The molecule has 182 valence electrons. The number of hydrogen-bond acceptors (Lipinski definition) is 3. The summed E-state index contributed by atoms with van der Waals surface area (Å²) < 4.78 is 0. The Morgan fingerprint density at radius 1 is 0.719 bits per heavy atom. The van der Waals surface area contributed by atoms with Gasteiger partial charge in [0.1, 0.15) is 0 Å². The van der Waals surface area contributed by atoms with Crippen LogP contribution in [0.4, 0.5) is 0 Å². The lowest BCUT2D eigenvalue weighted by molar-refractivity contribution is -0.131. The molecule has 0 radical (unpaired) electrons. The number of benzene rings is 2. The van der Waals surface area contributed by atoms with Crippen LogP contribution in [-0.2, 0) is 28.4 Å². The fourth-order valence-corrected chi connectivity index (χ4v) is 2.34. The van der Waals surface area contributed by atoms with Gasteiger partial charge >= 0.3 is 13.4 Å². The van der Waals surface area contributed by atoms with E-state index in [1.54, 1.807) is 6.92 Å². The lowest BCUT2D eigenvalue weighted by atomic mass is 10.0. The molecule has 0 bridgehead atoms. The molecule has 3 rings (SSSR count). The van der Waals surface area contributed by atoms with Crippen molar-refractivity contribution in [3.63, 3.8) is 0 Å². The molecule has 0 aliphatic carbocycles. The zero-order valence-electron chi connectivity index (χ0n) is 18.1. The van der Waals surface area contributed by atoms with E-state index in [1.165, 1.54) is 19.3 Å². The van der Waals surface area contributed by atoms with Crippen LogP contribution in [0.5, 0.6) is 0 Å². The fourth-order valence-electron chi connectivity index (χ4n) is 2.34. The van der Waals surface area contributed by atoms with E-state index in [2.05, 4.69) is 30.5 Å². The third-order valence-electron chi connectivity index (χ3n) is 3.54. The highest BCUT2D eigenvalue weighted by atomic mass is 32.5. The molecule has 1 aliphatic rings. The van der Waals surface area contributed by atoms with E-state index >= 15 is 0 Å². The van der Waals surface area contributed by atoms with E-state index < -0.39 is 13.4 Å². The first-order chi connectivity index (χ1) is 14.7. The molecule has 1 unspecified atom stereocenters. The zero-order valence-corrected chi connectivity index (χ0v) is 21.5. The Balaban J connectivity index is 0. The van der Waals surface area contributed by atoms with E-state index in [1.807, 2.05) is 77.7 Å². The van der Waals surface area contributed by atoms with Gasteiger partial charge in [0.25, 0.3) is 0 Å². The van der Waals surface area contributed by atoms with Crippen molar-refractivity contribution in [2.45, 2.75) is 39.2 Å². The lowest BCUT2D eigenvalue weighted by Crippen LogP contribution is -2.40. The van der Waals surface area contributed by atoms with Crippen molar-refractivity contribution >= 4 is 43.0 Å². The van der Waals surface area contributed by atoms with Crippen LogP contribution < -0.4 is 0 Å². The van der Waals surface area contributed by atoms with Crippen LogP contribution in [0.1, 0.15) is 33.1 Å². The van der Waals surface area contributed by atoms with Gasteiger partial charge in [0.2, 0.25) is 5.91 Å². The summed E-state index contributed by atoms with van der Waals surface area (Å²) in [5.41, 5.74) is 0. The molecule has 1 fully saturated rings. The molecule has 1 atom stereocenters. The van der Waals surface area contributed by atoms with Crippen molar-refractivity contribution in [1.82, 2.24) is 4.90 Å². The smallest absolute Gasteiger partial charge is 0.319 e. The number of hydrogen-bond donors (Lipinski definition) is 6. The van der Waals surface area contributed by atoms with Crippen molar-refractivity contribution in [3.8, 4) is 0 Å². The Hall–Kier alpha value is -1.03. The first-order valence-electron chi connectivity index (χ1n) is 9.55. The van der Waals surface area contributed by atoms with Crippen LogP contribution in [0.3, 0.4) is 0 Å². The van der Waals surface area contributed by atoms with Crippen LogP contribution in [0.2, 0.25) is 0 Å². The van der Waals surface area contributed by atoms with Gasteiger partial charge in [-0.25, -0.2) is 0 Å². The molecular weight excluding hydrogens is 492 g/mol. The Labute approximate surface area is 200 Å². The number of likely N-dealkylation sites (tertiary alicyclic amines) is 1. The molecule has 12 heteroatoms. The summed E-state index contributed by atoms with van der Waals surface area (Å²) in [5, 5.41) is 0. The first kappa shape index (κ1) is 33.1. The number of carbonyl (C=O) groups is 1. The highest BCUT2D eigenvalue weighted by Crippen LogP contribution is 2.27. The number of nitrogens with zero attached hydrogens (tertiary/aromatic N) is 1. The number of amides is 1. The minimum atomic E-state index is -3.81. The summed E-state index contributed by atoms with van der Waals surface area (Å²) in [5.74, 6) is 0.229. The second kappa shape index (κ2) is 19.4. The number of rotatable bonds is 0. The summed E-state index contributed by atoms with van der Waals surface area (Å²) in [6, 6.07) is 24.5. The number of carbonyl (C=O) groups excluding carboxylic acids is 1. The van der Waals surface area contributed by atoms with Gasteiger partial charge in [-0.05, 0) is 49.8 Å². The van der Waals surface area contributed by atoms with Gasteiger partial charge in [-0.2, -0.15) is 0 Å². The fraction of sp³-hybridized carbons (Fsp3) is 0.350. The maximum atomic E-state index is 10.9. The van der Waals surface area contributed by atoms with Crippen LogP contribution >= 0.6 is 13.4 Å². The molecule has 1 saturated heterocycles. The van der Waals surface area contributed by atoms with E-state index in [-0.39, 0.29) is 5.91 Å². The van der Waals surface area contributed by atoms with E-state index in [4.69, 9.17) is 29.4 Å². The van der Waals surface area contributed by atoms with Gasteiger partial charge in [-0.3, -0.25) is 4.79 Å². The van der Waals surface area contributed by atoms with Crippen LogP contribution in [0.25, 0.3) is 0 Å². The number of piperidine rings is 1. The highest BCUT2D eigenvalue weighted by molar-refractivity contribution is 8.06. The van der Waals surface area contributed by atoms with E-state index in [9.17, 15) is 4.79 Å². The van der Waals surface area contributed by atoms with Crippen molar-refractivity contribution in [3.05, 3.63) is 72.8 Å². The van der Waals surface area contributed by atoms with Gasteiger partial charge in [0.15, 0.2) is 0 Å². The second-order valence-electron chi connectivity index (χ2n) is 6.39. The summed E-state index contributed by atoms with van der Waals surface area (Å²) in [6.45, 7) is -2.86. The van der Waals surface area contributed by atoms with Gasteiger partial charge in [-0.1, -0.05) is 72.8 Å². The van der Waals surface area contributed by atoms with Gasteiger partial charge in [0.05, 0.1) is 0 Å². The van der Waals surface area contributed by atoms with Crippen LogP contribution in [-0.4, -0.2) is 52.8 Å². The van der Waals surface area contributed by atoms with Crippen molar-refractivity contribution in [2.24, 2.45) is 0 Å². The topological polar surface area (TPSA) is 142 Å². The molecule has 0 spiro atoms. The zero-order chi connectivity index (χ0) is 25.0. The quantitative estimate of drug-likeness (QED) is 0.286. The SMILES string of the molecule is CC(=O)N1CCCCC1C.OP(O)(O)=S.OP(O)(O)=S.c1ccccc1.c1ccccc1. The predicted molar refractivity (Wildman–Crippen MR) is 135 cm³/mol. The Morgan fingerprint density at radius 2 is 0.969 bits per heavy atom.